The molecule has 10 nitrogen and oxygen atoms in total. The summed E-state index contributed by atoms with van der Waals surface area (Å²) >= 11 is 0. The second-order valence-electron chi connectivity index (χ2n) is 6.23. The van der Waals surface area contributed by atoms with Gasteiger partial charge in [-0.3, -0.25) is 24.0 Å². The molecule has 0 aliphatic carbocycles. The van der Waals surface area contributed by atoms with Crippen LogP contribution >= 0.6 is 0 Å². The zero-order valence-corrected chi connectivity index (χ0v) is 17.1. The number of methoxy groups -OCH3 is 1. The molecule has 0 spiro atoms. The molecule has 2 amide bonds. The van der Waals surface area contributed by atoms with Gasteiger partial charge in [-0.1, -0.05) is 30.3 Å². The first kappa shape index (κ1) is 24.6. The maximum absolute atomic E-state index is 12.6. The molecule has 1 aromatic rings. The van der Waals surface area contributed by atoms with E-state index in [1.807, 2.05) is 6.07 Å². The maximum Gasteiger partial charge on any atom is 0.305 e. The summed E-state index contributed by atoms with van der Waals surface area (Å²) in [6, 6.07) is 8.94. The Balaban J connectivity index is 2.85. The van der Waals surface area contributed by atoms with Gasteiger partial charge in [0, 0.05) is 33.4 Å². The molecule has 0 fully saturated rings. The Labute approximate surface area is 174 Å². The zero-order valence-electron chi connectivity index (χ0n) is 17.1. The highest BCUT2D eigenvalue weighted by atomic mass is 16.6. The van der Waals surface area contributed by atoms with Gasteiger partial charge in [0.05, 0.1) is 7.11 Å². The summed E-state index contributed by atoms with van der Waals surface area (Å²) in [4.78, 5) is 59.2. The highest BCUT2D eigenvalue weighted by Crippen LogP contribution is 2.09. The van der Waals surface area contributed by atoms with Crippen molar-refractivity contribution in [1.29, 1.82) is 0 Å². The van der Waals surface area contributed by atoms with Gasteiger partial charge in [0.1, 0.15) is 0 Å². The summed E-state index contributed by atoms with van der Waals surface area (Å²) in [6.45, 7) is 2.30. The molecular formula is C20H26N2O8. The van der Waals surface area contributed by atoms with Gasteiger partial charge in [-0.2, -0.15) is 0 Å². The number of ether oxygens (including phenoxy) is 3. The van der Waals surface area contributed by atoms with E-state index in [0.29, 0.717) is 0 Å². The summed E-state index contributed by atoms with van der Waals surface area (Å²) < 4.78 is 14.5. The van der Waals surface area contributed by atoms with E-state index in [1.165, 1.54) is 7.11 Å². The summed E-state index contributed by atoms with van der Waals surface area (Å²) in [5.41, 5.74) is 0.781. The Hall–Kier alpha value is -3.43. The summed E-state index contributed by atoms with van der Waals surface area (Å²) in [7, 11) is 1.25. The van der Waals surface area contributed by atoms with Crippen LogP contribution in [0.3, 0.4) is 0 Å². The Morgan fingerprint density at radius 1 is 0.867 bits per heavy atom. The van der Waals surface area contributed by atoms with Gasteiger partial charge < -0.3 is 24.8 Å². The summed E-state index contributed by atoms with van der Waals surface area (Å²) in [5.74, 6) is -3.75. The number of carbonyl (C=O) groups is 5. The quantitative estimate of drug-likeness (QED) is 0.294. The number of carbonyl (C=O) groups excluding carboxylic acids is 5. The second-order valence-corrected chi connectivity index (χ2v) is 6.23. The molecule has 164 valence electrons. The van der Waals surface area contributed by atoms with Crippen LogP contribution in [-0.2, 0) is 44.7 Å². The molecule has 0 saturated carbocycles. The summed E-state index contributed by atoms with van der Waals surface area (Å²) in [5, 5.41) is 5.01. The third-order valence-electron chi connectivity index (χ3n) is 3.77. The van der Waals surface area contributed by atoms with Crippen molar-refractivity contribution >= 4 is 29.7 Å². The molecule has 1 aromatic carbocycles. The number of rotatable bonds is 11. The molecule has 0 aliphatic heterocycles. The van der Waals surface area contributed by atoms with E-state index >= 15 is 0 Å². The lowest BCUT2D eigenvalue weighted by atomic mass is 10.1. The van der Waals surface area contributed by atoms with Crippen LogP contribution in [-0.4, -0.2) is 55.6 Å². The zero-order chi connectivity index (χ0) is 22.5. The van der Waals surface area contributed by atoms with Crippen molar-refractivity contribution < 1.29 is 38.2 Å². The van der Waals surface area contributed by atoms with E-state index in [9.17, 15) is 24.0 Å². The van der Waals surface area contributed by atoms with Crippen molar-refractivity contribution in [2.24, 2.45) is 0 Å². The van der Waals surface area contributed by atoms with E-state index < -0.39 is 41.9 Å². The Morgan fingerprint density at radius 2 is 1.40 bits per heavy atom. The van der Waals surface area contributed by atoms with Crippen LogP contribution in [0.2, 0.25) is 0 Å². The molecule has 0 bridgehead atoms. The van der Waals surface area contributed by atoms with Crippen molar-refractivity contribution in [2.75, 3.05) is 13.7 Å². The minimum absolute atomic E-state index is 0.0596. The molecule has 0 aliphatic rings. The van der Waals surface area contributed by atoms with Gasteiger partial charge in [-0.05, 0) is 12.0 Å². The van der Waals surface area contributed by atoms with Gasteiger partial charge in [0.25, 0.3) is 11.8 Å². The lowest BCUT2D eigenvalue weighted by molar-refractivity contribution is -0.174. The third-order valence-corrected chi connectivity index (χ3v) is 3.77. The van der Waals surface area contributed by atoms with Crippen LogP contribution in [0, 0.1) is 0 Å². The first-order valence-electron chi connectivity index (χ1n) is 9.25. The van der Waals surface area contributed by atoms with E-state index in [-0.39, 0.29) is 25.9 Å². The average molecular weight is 422 g/mol. The molecule has 2 N–H and O–H groups in total. The number of benzene rings is 1. The highest BCUT2D eigenvalue weighted by Gasteiger charge is 2.39. The molecule has 2 atom stereocenters. The van der Waals surface area contributed by atoms with Gasteiger partial charge in [0.2, 0.25) is 12.2 Å². The lowest BCUT2D eigenvalue weighted by Gasteiger charge is -2.24. The highest BCUT2D eigenvalue weighted by molar-refractivity contribution is 5.93. The normalized spacial score (nSPS) is 12.1. The largest absolute Gasteiger partial charge is 0.469 e. The number of nitrogens with one attached hydrogen (secondary N) is 2. The fourth-order valence-electron chi connectivity index (χ4n) is 2.40. The predicted octanol–water partition coefficient (Wildman–Crippen LogP) is 0.236. The summed E-state index contributed by atoms with van der Waals surface area (Å²) in [6.07, 6.45) is -3.04. The van der Waals surface area contributed by atoms with Crippen molar-refractivity contribution in [1.82, 2.24) is 10.6 Å². The van der Waals surface area contributed by atoms with E-state index in [4.69, 9.17) is 9.47 Å². The van der Waals surface area contributed by atoms with Crippen molar-refractivity contribution in [3.05, 3.63) is 35.9 Å². The number of amides is 2. The van der Waals surface area contributed by atoms with Crippen molar-refractivity contribution in [2.45, 2.75) is 45.4 Å². The minimum atomic E-state index is -1.69. The Kier molecular flexibility index (Phi) is 10.6. The topological polar surface area (TPSA) is 137 Å². The van der Waals surface area contributed by atoms with Crippen LogP contribution < -0.4 is 10.6 Å². The van der Waals surface area contributed by atoms with Crippen molar-refractivity contribution in [3.8, 4) is 0 Å². The number of esters is 3. The number of hydrogen-bond donors (Lipinski definition) is 2. The minimum Gasteiger partial charge on any atom is -0.469 e. The fraction of sp³-hybridized carbons (Fsp3) is 0.450. The molecule has 30 heavy (non-hydrogen) atoms. The first-order valence-corrected chi connectivity index (χ1v) is 9.25. The maximum atomic E-state index is 12.6. The Bertz CT molecular complexity index is 750. The van der Waals surface area contributed by atoms with Gasteiger partial charge in [-0.15, -0.1) is 0 Å². The average Bonchev–Trinajstić information content (AvgIpc) is 2.71. The second kappa shape index (κ2) is 12.9. The monoisotopic (exact) mass is 422 g/mol. The first-order chi connectivity index (χ1) is 14.2. The molecular weight excluding hydrogens is 396 g/mol. The van der Waals surface area contributed by atoms with Gasteiger partial charge >= 0.3 is 17.9 Å². The molecule has 0 radical (unpaired) electrons. The molecule has 0 saturated heterocycles. The van der Waals surface area contributed by atoms with Gasteiger partial charge in [-0.25, -0.2) is 0 Å². The predicted molar refractivity (Wildman–Crippen MR) is 104 cm³/mol. The fourth-order valence-corrected chi connectivity index (χ4v) is 2.40. The smallest absolute Gasteiger partial charge is 0.305 e. The molecule has 1 rings (SSSR count). The SMILES string of the molecule is COC(=O)CCCNC(=O)C(OC(C)=O)C(OC(C)=O)C(=O)NCc1ccccc1. The van der Waals surface area contributed by atoms with E-state index in [1.54, 1.807) is 24.3 Å². The van der Waals surface area contributed by atoms with Crippen LogP contribution in [0.15, 0.2) is 30.3 Å². The van der Waals surface area contributed by atoms with Gasteiger partial charge in [0.15, 0.2) is 0 Å². The van der Waals surface area contributed by atoms with Crippen LogP contribution in [0.25, 0.3) is 0 Å². The van der Waals surface area contributed by atoms with E-state index in [2.05, 4.69) is 15.4 Å². The molecule has 0 aromatic heterocycles. The molecule has 10 heteroatoms. The third kappa shape index (κ3) is 9.18. The van der Waals surface area contributed by atoms with Crippen molar-refractivity contribution in [3.63, 3.8) is 0 Å². The van der Waals surface area contributed by atoms with E-state index in [0.717, 1.165) is 19.4 Å². The van der Waals surface area contributed by atoms with Crippen LogP contribution in [0.1, 0.15) is 32.3 Å². The molecule has 2 unspecified atom stereocenters. The molecule has 0 heterocycles. The lowest BCUT2D eigenvalue weighted by Crippen LogP contribution is -2.53. The van der Waals surface area contributed by atoms with Crippen LogP contribution in [0.5, 0.6) is 0 Å². The number of hydrogen-bond acceptors (Lipinski definition) is 8. The van der Waals surface area contributed by atoms with Crippen LogP contribution in [0.4, 0.5) is 0 Å². The standard InChI is InChI=1S/C20H26N2O8/c1-13(23)29-17(19(26)21-11-7-10-16(25)28-3)18(30-14(2)24)20(27)22-12-15-8-5-4-6-9-15/h4-6,8-9,17-18H,7,10-12H2,1-3H3,(H,21,26)(H,22,27). The Morgan fingerprint density at radius 3 is 1.90 bits per heavy atom.